The molecule has 1 saturated heterocycles. The van der Waals surface area contributed by atoms with Crippen LogP contribution in [0.5, 0.6) is 0 Å². The van der Waals surface area contributed by atoms with Gasteiger partial charge in [-0.15, -0.1) is 0 Å². The lowest BCUT2D eigenvalue weighted by atomic mass is 10.1. The molecule has 2 rings (SSSR count). The summed E-state index contributed by atoms with van der Waals surface area (Å²) in [4.78, 5) is -0.463. The Balaban J connectivity index is 2.52. The fraction of sp³-hybridized carbons (Fsp3) is 0.538. The van der Waals surface area contributed by atoms with Crippen LogP contribution in [0.1, 0.15) is 25.8 Å². The number of nitrogens with zero attached hydrogens (tertiary/aromatic N) is 1. The third-order valence-electron chi connectivity index (χ3n) is 3.56. The number of sulfonamides is 1. The van der Waals surface area contributed by atoms with Crippen LogP contribution in [0.15, 0.2) is 17.0 Å². The van der Waals surface area contributed by atoms with Gasteiger partial charge < -0.3 is 5.11 Å². The molecule has 0 aliphatic carbocycles. The zero-order chi connectivity index (χ0) is 15.1. The highest BCUT2D eigenvalue weighted by Gasteiger charge is 2.38. The molecule has 4 nitrogen and oxygen atoms in total. The number of rotatable bonds is 3. The van der Waals surface area contributed by atoms with Gasteiger partial charge in [0.05, 0.1) is 6.61 Å². The molecule has 0 saturated carbocycles. The molecule has 2 unspecified atom stereocenters. The summed E-state index contributed by atoms with van der Waals surface area (Å²) in [5, 5.41) is 9.18. The van der Waals surface area contributed by atoms with E-state index in [1.54, 1.807) is 6.92 Å². The van der Waals surface area contributed by atoms with Crippen molar-refractivity contribution < 1.29 is 17.9 Å². The first-order valence-corrected chi connectivity index (χ1v) is 8.19. The van der Waals surface area contributed by atoms with E-state index >= 15 is 0 Å². The molecule has 112 valence electrons. The second-order valence-corrected chi connectivity index (χ2v) is 7.60. The summed E-state index contributed by atoms with van der Waals surface area (Å²) in [5.41, 5.74) is -0.115. The zero-order valence-corrected chi connectivity index (χ0v) is 12.9. The largest absolute Gasteiger partial charge is 0.392 e. The minimum atomic E-state index is -3.94. The van der Waals surface area contributed by atoms with Gasteiger partial charge in [-0.1, -0.05) is 18.5 Å². The maximum Gasteiger partial charge on any atom is 0.246 e. The number of halogens is 2. The van der Waals surface area contributed by atoms with Gasteiger partial charge in [0.1, 0.15) is 10.7 Å². The third kappa shape index (κ3) is 2.70. The Kier molecular flexibility index (Phi) is 4.39. The van der Waals surface area contributed by atoms with Crippen LogP contribution >= 0.6 is 11.6 Å². The highest BCUT2D eigenvalue weighted by molar-refractivity contribution is 7.89. The Morgan fingerprint density at radius 3 is 2.60 bits per heavy atom. The predicted molar refractivity (Wildman–Crippen MR) is 74.5 cm³/mol. The molecule has 0 spiro atoms. The third-order valence-corrected chi connectivity index (χ3v) is 5.76. The Bertz CT molecular complexity index is 620. The molecule has 0 aromatic heterocycles. The Hall–Kier alpha value is -0.690. The molecule has 1 aromatic carbocycles. The maximum absolute atomic E-state index is 14.2. The zero-order valence-electron chi connectivity index (χ0n) is 11.3. The topological polar surface area (TPSA) is 57.6 Å². The molecule has 1 fully saturated rings. The minimum absolute atomic E-state index is 0.0916. The maximum atomic E-state index is 14.2. The van der Waals surface area contributed by atoms with E-state index in [-0.39, 0.29) is 22.5 Å². The van der Waals surface area contributed by atoms with Crippen molar-refractivity contribution in [3.05, 3.63) is 28.5 Å². The van der Waals surface area contributed by atoms with E-state index in [1.165, 1.54) is 10.4 Å². The first-order valence-electron chi connectivity index (χ1n) is 6.38. The Morgan fingerprint density at radius 1 is 1.45 bits per heavy atom. The van der Waals surface area contributed by atoms with Crippen molar-refractivity contribution in [1.29, 1.82) is 0 Å². The van der Waals surface area contributed by atoms with Gasteiger partial charge in [-0.3, -0.25) is 0 Å². The van der Waals surface area contributed by atoms with Gasteiger partial charge in [0.2, 0.25) is 10.0 Å². The highest BCUT2D eigenvalue weighted by atomic mass is 35.5. The highest BCUT2D eigenvalue weighted by Crippen LogP contribution is 2.32. The number of aliphatic hydroxyl groups is 1. The van der Waals surface area contributed by atoms with Crippen molar-refractivity contribution >= 4 is 21.6 Å². The first-order chi connectivity index (χ1) is 9.27. The van der Waals surface area contributed by atoms with Crippen molar-refractivity contribution in [2.75, 3.05) is 6.54 Å². The molecule has 1 heterocycles. The Morgan fingerprint density at radius 2 is 2.10 bits per heavy atom. The SMILES string of the molecule is CC1CC(C)N(S(=O)(=O)c2cc(Cl)cc(CO)c2F)C1. The first kappa shape index (κ1) is 15.7. The van der Waals surface area contributed by atoms with Crippen LogP contribution in [0.2, 0.25) is 5.02 Å². The average Bonchev–Trinajstić information content (AvgIpc) is 2.71. The quantitative estimate of drug-likeness (QED) is 0.930. The lowest BCUT2D eigenvalue weighted by Crippen LogP contribution is -2.34. The van der Waals surface area contributed by atoms with Crippen LogP contribution < -0.4 is 0 Å². The second kappa shape index (κ2) is 5.60. The molecule has 1 aliphatic rings. The molecule has 7 heteroatoms. The van der Waals surface area contributed by atoms with E-state index in [0.29, 0.717) is 6.54 Å². The Labute approximate surface area is 123 Å². The second-order valence-electron chi connectivity index (χ2n) is 5.30. The molecule has 1 N–H and O–H groups in total. The molecule has 0 amide bonds. The number of benzene rings is 1. The molecule has 0 radical (unpaired) electrons. The number of hydrogen-bond donors (Lipinski definition) is 1. The van der Waals surface area contributed by atoms with Gasteiger partial charge in [0.25, 0.3) is 0 Å². The predicted octanol–water partition coefficient (Wildman–Crippen LogP) is 2.39. The van der Waals surface area contributed by atoms with Gasteiger partial charge in [-0.05, 0) is 31.4 Å². The molecule has 1 aromatic rings. The van der Waals surface area contributed by atoms with Crippen LogP contribution in [0.25, 0.3) is 0 Å². The summed E-state index contributed by atoms with van der Waals surface area (Å²) in [6.45, 7) is 3.53. The summed E-state index contributed by atoms with van der Waals surface area (Å²) in [7, 11) is -3.94. The van der Waals surface area contributed by atoms with Crippen LogP contribution in [-0.2, 0) is 16.6 Å². The van der Waals surface area contributed by atoms with Gasteiger partial charge in [0.15, 0.2) is 0 Å². The minimum Gasteiger partial charge on any atom is -0.392 e. The summed E-state index contributed by atoms with van der Waals surface area (Å²) in [6, 6.07) is 2.15. The van der Waals surface area contributed by atoms with E-state index < -0.39 is 27.3 Å². The normalized spacial score (nSPS) is 24.2. The van der Waals surface area contributed by atoms with Crippen molar-refractivity contribution in [2.45, 2.75) is 37.8 Å². The number of aliphatic hydroxyl groups excluding tert-OH is 1. The van der Waals surface area contributed by atoms with E-state index in [4.69, 9.17) is 16.7 Å². The average molecular weight is 322 g/mol. The van der Waals surface area contributed by atoms with Crippen molar-refractivity contribution in [3.63, 3.8) is 0 Å². The van der Waals surface area contributed by atoms with Gasteiger partial charge in [-0.2, -0.15) is 4.31 Å². The van der Waals surface area contributed by atoms with Crippen LogP contribution in [0.3, 0.4) is 0 Å². The van der Waals surface area contributed by atoms with E-state index in [2.05, 4.69) is 0 Å². The molecular formula is C13H17ClFNO3S. The van der Waals surface area contributed by atoms with Crippen LogP contribution in [-0.4, -0.2) is 30.4 Å². The van der Waals surface area contributed by atoms with Gasteiger partial charge in [0, 0.05) is 23.2 Å². The van der Waals surface area contributed by atoms with E-state index in [1.807, 2.05) is 6.92 Å². The van der Waals surface area contributed by atoms with Crippen molar-refractivity contribution in [3.8, 4) is 0 Å². The number of hydrogen-bond acceptors (Lipinski definition) is 3. The molecule has 0 bridgehead atoms. The summed E-state index contributed by atoms with van der Waals surface area (Å²) in [6.07, 6.45) is 0.744. The lowest BCUT2D eigenvalue weighted by Gasteiger charge is -2.22. The fourth-order valence-corrected chi connectivity index (χ4v) is 4.85. The van der Waals surface area contributed by atoms with Crippen molar-refractivity contribution in [1.82, 2.24) is 4.31 Å². The van der Waals surface area contributed by atoms with E-state index in [9.17, 15) is 12.8 Å². The van der Waals surface area contributed by atoms with E-state index in [0.717, 1.165) is 12.5 Å². The molecule has 1 aliphatic heterocycles. The summed E-state index contributed by atoms with van der Waals surface area (Å²) < 4.78 is 40.7. The summed E-state index contributed by atoms with van der Waals surface area (Å²) >= 11 is 5.82. The smallest absolute Gasteiger partial charge is 0.246 e. The van der Waals surface area contributed by atoms with Gasteiger partial charge in [-0.25, -0.2) is 12.8 Å². The molecule has 2 atom stereocenters. The lowest BCUT2D eigenvalue weighted by molar-refractivity contribution is 0.274. The standard InChI is InChI=1S/C13H17ClFNO3S/c1-8-3-9(2)16(6-8)20(18,19)12-5-11(14)4-10(7-17)13(12)15/h4-5,8-9,17H,3,6-7H2,1-2H3. The molecule has 20 heavy (non-hydrogen) atoms. The van der Waals surface area contributed by atoms with Crippen LogP contribution in [0, 0.1) is 11.7 Å². The monoisotopic (exact) mass is 321 g/mol. The van der Waals surface area contributed by atoms with Crippen molar-refractivity contribution in [2.24, 2.45) is 5.92 Å². The van der Waals surface area contributed by atoms with Crippen LogP contribution in [0.4, 0.5) is 4.39 Å². The van der Waals surface area contributed by atoms with Gasteiger partial charge >= 0.3 is 0 Å². The summed E-state index contributed by atoms with van der Waals surface area (Å²) in [5.74, 6) is -0.692. The fourth-order valence-electron chi connectivity index (χ4n) is 2.64. The molecular weight excluding hydrogens is 305 g/mol.